The normalized spacial score (nSPS) is 10.3. The van der Waals surface area contributed by atoms with Crippen molar-refractivity contribution in [2.45, 2.75) is 27.3 Å². The highest BCUT2D eigenvalue weighted by molar-refractivity contribution is 7.80. The molecular formula is C15H18N4S. The van der Waals surface area contributed by atoms with E-state index in [1.807, 2.05) is 19.9 Å². The first-order valence-electron chi connectivity index (χ1n) is 6.42. The van der Waals surface area contributed by atoms with Crippen LogP contribution in [0.3, 0.4) is 0 Å². The van der Waals surface area contributed by atoms with Crippen LogP contribution in [0.1, 0.15) is 27.9 Å². The molecule has 0 spiro atoms. The van der Waals surface area contributed by atoms with Gasteiger partial charge in [-0.15, -0.1) is 5.10 Å². The summed E-state index contributed by atoms with van der Waals surface area (Å²) in [5.74, 6) is 0.641. The molecule has 2 aromatic rings. The van der Waals surface area contributed by atoms with Crippen LogP contribution in [0.2, 0.25) is 0 Å². The van der Waals surface area contributed by atoms with Crippen LogP contribution in [-0.4, -0.2) is 15.2 Å². The molecule has 0 aliphatic heterocycles. The Morgan fingerprint density at radius 3 is 2.65 bits per heavy atom. The first kappa shape index (κ1) is 14.4. The van der Waals surface area contributed by atoms with Crippen molar-refractivity contribution in [2.75, 3.05) is 5.32 Å². The Morgan fingerprint density at radius 1 is 1.25 bits per heavy atom. The van der Waals surface area contributed by atoms with E-state index < -0.39 is 0 Å². The molecule has 0 bridgehead atoms. The molecule has 0 amide bonds. The Bertz CT molecular complexity index is 652. The summed E-state index contributed by atoms with van der Waals surface area (Å²) in [5, 5.41) is 11.6. The summed E-state index contributed by atoms with van der Waals surface area (Å²) in [6.07, 6.45) is 0. The second-order valence-corrected chi connectivity index (χ2v) is 5.28. The number of thiocarbonyl (C=S) groups is 1. The topological polar surface area (TPSA) is 63.8 Å². The van der Waals surface area contributed by atoms with Crippen molar-refractivity contribution in [1.82, 2.24) is 10.2 Å². The predicted molar refractivity (Wildman–Crippen MR) is 85.9 cm³/mol. The molecule has 4 nitrogen and oxygen atoms in total. The number of hydrogen-bond donors (Lipinski definition) is 2. The summed E-state index contributed by atoms with van der Waals surface area (Å²) < 4.78 is 0. The van der Waals surface area contributed by atoms with Crippen molar-refractivity contribution >= 4 is 23.0 Å². The quantitative estimate of drug-likeness (QED) is 0.846. The number of aryl methyl sites for hydroxylation is 2. The van der Waals surface area contributed by atoms with Crippen molar-refractivity contribution in [3.05, 3.63) is 52.2 Å². The monoisotopic (exact) mass is 286 g/mol. The highest BCUT2D eigenvalue weighted by atomic mass is 32.1. The zero-order chi connectivity index (χ0) is 14.7. The fraction of sp³-hybridized carbons (Fsp3) is 0.267. The molecule has 0 radical (unpaired) electrons. The van der Waals surface area contributed by atoms with Gasteiger partial charge in [-0.3, -0.25) is 0 Å². The molecule has 2 rings (SSSR count). The average molecular weight is 286 g/mol. The smallest absolute Gasteiger partial charge is 0.159 e. The van der Waals surface area contributed by atoms with Crippen LogP contribution in [0.25, 0.3) is 0 Å². The highest BCUT2D eigenvalue weighted by Crippen LogP contribution is 2.19. The maximum absolute atomic E-state index is 5.80. The third-order valence-corrected chi connectivity index (χ3v) is 3.45. The van der Waals surface area contributed by atoms with Crippen LogP contribution < -0.4 is 11.1 Å². The lowest BCUT2D eigenvalue weighted by molar-refractivity contribution is 0.943. The van der Waals surface area contributed by atoms with E-state index in [0.29, 0.717) is 17.4 Å². The van der Waals surface area contributed by atoms with E-state index in [2.05, 4.69) is 40.6 Å². The largest absolute Gasteiger partial charge is 0.389 e. The third-order valence-electron chi connectivity index (χ3n) is 3.24. The Balaban J connectivity index is 2.26. The van der Waals surface area contributed by atoms with Gasteiger partial charge in [0.25, 0.3) is 0 Å². The summed E-state index contributed by atoms with van der Waals surface area (Å²) in [5.41, 5.74) is 10.8. The average Bonchev–Trinajstić information content (AvgIpc) is 2.39. The van der Waals surface area contributed by atoms with Crippen LogP contribution in [-0.2, 0) is 6.54 Å². The van der Waals surface area contributed by atoms with Gasteiger partial charge in [0.2, 0.25) is 0 Å². The van der Waals surface area contributed by atoms with Crippen molar-refractivity contribution in [2.24, 2.45) is 5.73 Å². The molecule has 1 aromatic carbocycles. The lowest BCUT2D eigenvalue weighted by Gasteiger charge is -2.13. The van der Waals surface area contributed by atoms with E-state index in [1.165, 1.54) is 11.1 Å². The Morgan fingerprint density at radius 2 is 2.00 bits per heavy atom. The number of rotatable bonds is 4. The van der Waals surface area contributed by atoms with Crippen LogP contribution in [0.4, 0.5) is 5.82 Å². The molecule has 5 heteroatoms. The predicted octanol–water partition coefficient (Wildman–Crippen LogP) is 2.65. The number of benzene rings is 1. The van der Waals surface area contributed by atoms with Gasteiger partial charge in [-0.05, 0) is 31.9 Å². The molecule has 1 aromatic heterocycles. The third kappa shape index (κ3) is 3.11. The van der Waals surface area contributed by atoms with Gasteiger partial charge in [-0.25, -0.2) is 0 Å². The molecule has 1 heterocycles. The molecule has 20 heavy (non-hydrogen) atoms. The first-order valence-corrected chi connectivity index (χ1v) is 6.83. The van der Waals surface area contributed by atoms with Gasteiger partial charge in [0.15, 0.2) is 5.82 Å². The molecule has 0 aliphatic carbocycles. The molecule has 0 fully saturated rings. The first-order chi connectivity index (χ1) is 9.49. The summed E-state index contributed by atoms with van der Waals surface area (Å²) in [7, 11) is 0. The second-order valence-electron chi connectivity index (χ2n) is 4.84. The number of anilines is 1. The van der Waals surface area contributed by atoms with Gasteiger partial charge in [-0.2, -0.15) is 5.10 Å². The molecule has 0 atom stereocenters. The minimum Gasteiger partial charge on any atom is -0.389 e. The zero-order valence-corrected chi connectivity index (χ0v) is 12.7. The molecule has 104 valence electrons. The number of nitrogens with one attached hydrogen (secondary N) is 1. The highest BCUT2D eigenvalue weighted by Gasteiger charge is 2.13. The molecular weight excluding hydrogens is 268 g/mol. The lowest BCUT2D eigenvalue weighted by Crippen LogP contribution is -2.18. The zero-order valence-electron chi connectivity index (χ0n) is 11.9. The van der Waals surface area contributed by atoms with E-state index in [9.17, 15) is 0 Å². The van der Waals surface area contributed by atoms with Gasteiger partial charge >= 0.3 is 0 Å². The molecule has 0 saturated carbocycles. The second kappa shape index (κ2) is 5.96. The van der Waals surface area contributed by atoms with Crippen molar-refractivity contribution in [1.29, 1.82) is 0 Å². The number of hydrogen-bond acceptors (Lipinski definition) is 4. The molecule has 0 saturated heterocycles. The van der Waals surface area contributed by atoms with Crippen molar-refractivity contribution in [3.63, 3.8) is 0 Å². The summed E-state index contributed by atoms with van der Waals surface area (Å²) in [6, 6.07) is 8.30. The van der Waals surface area contributed by atoms with E-state index in [-0.39, 0.29) is 0 Å². The standard InChI is InChI=1S/C15H18N4S/c1-9-5-4-6-12(7-9)8-17-15-13(14(16)20)10(2)11(3)18-19-15/h4-7H,8H2,1-3H3,(H2,16,20)(H,17,19). The number of nitrogens with zero attached hydrogens (tertiary/aromatic N) is 2. The number of aromatic nitrogens is 2. The minimum atomic E-state index is 0.340. The number of nitrogens with two attached hydrogens (primary N) is 1. The SMILES string of the molecule is Cc1cccc(CNc2nnc(C)c(C)c2C(N)=S)c1. The van der Waals surface area contributed by atoms with Crippen LogP contribution >= 0.6 is 12.2 Å². The molecule has 0 unspecified atom stereocenters. The van der Waals surface area contributed by atoms with E-state index in [1.54, 1.807) is 0 Å². The summed E-state index contributed by atoms with van der Waals surface area (Å²) >= 11 is 5.12. The van der Waals surface area contributed by atoms with E-state index >= 15 is 0 Å². The van der Waals surface area contributed by atoms with Gasteiger partial charge < -0.3 is 11.1 Å². The van der Waals surface area contributed by atoms with Gasteiger partial charge in [0.1, 0.15) is 4.99 Å². The van der Waals surface area contributed by atoms with E-state index in [4.69, 9.17) is 18.0 Å². The maximum atomic E-state index is 5.80. The molecule has 3 N–H and O–H groups in total. The van der Waals surface area contributed by atoms with E-state index in [0.717, 1.165) is 16.8 Å². The van der Waals surface area contributed by atoms with Gasteiger partial charge in [-0.1, -0.05) is 42.0 Å². The maximum Gasteiger partial charge on any atom is 0.159 e. The van der Waals surface area contributed by atoms with Gasteiger partial charge in [0, 0.05) is 6.54 Å². The Kier molecular flexibility index (Phi) is 4.29. The van der Waals surface area contributed by atoms with Crippen LogP contribution in [0.5, 0.6) is 0 Å². The lowest BCUT2D eigenvalue weighted by atomic mass is 10.1. The molecule has 0 aliphatic rings. The summed E-state index contributed by atoms with van der Waals surface area (Å²) in [4.78, 5) is 0.340. The summed E-state index contributed by atoms with van der Waals surface area (Å²) in [6.45, 7) is 6.58. The fourth-order valence-corrected chi connectivity index (χ4v) is 2.29. The van der Waals surface area contributed by atoms with Crippen LogP contribution in [0.15, 0.2) is 24.3 Å². The minimum absolute atomic E-state index is 0.340. The van der Waals surface area contributed by atoms with Crippen LogP contribution in [0, 0.1) is 20.8 Å². The van der Waals surface area contributed by atoms with Crippen molar-refractivity contribution < 1.29 is 0 Å². The van der Waals surface area contributed by atoms with Crippen molar-refractivity contribution in [3.8, 4) is 0 Å². The van der Waals surface area contributed by atoms with Gasteiger partial charge in [0.05, 0.1) is 11.3 Å². The fourth-order valence-electron chi connectivity index (χ4n) is 2.04. The Labute approximate surface area is 124 Å². The Hall–Kier alpha value is -2.01.